The summed E-state index contributed by atoms with van der Waals surface area (Å²) in [6.45, 7) is 1.67. The molecule has 2 aromatic carbocycles. The number of hydrogen-bond acceptors (Lipinski definition) is 6. The van der Waals surface area contributed by atoms with Gasteiger partial charge in [-0.25, -0.2) is 17.8 Å². The molecule has 0 unspecified atom stereocenters. The molecule has 29 heavy (non-hydrogen) atoms. The highest BCUT2D eigenvalue weighted by Gasteiger charge is 2.18. The predicted molar refractivity (Wildman–Crippen MR) is 107 cm³/mol. The predicted octanol–water partition coefficient (Wildman–Crippen LogP) is 4.14. The van der Waals surface area contributed by atoms with E-state index in [9.17, 15) is 12.8 Å². The van der Waals surface area contributed by atoms with Gasteiger partial charge >= 0.3 is 0 Å². The minimum Gasteiger partial charge on any atom is -0.339 e. The molecule has 0 aliphatic carbocycles. The molecule has 0 amide bonds. The molecule has 0 atom stereocenters. The van der Waals surface area contributed by atoms with Crippen LogP contribution in [0.1, 0.15) is 17.9 Å². The summed E-state index contributed by atoms with van der Waals surface area (Å²) in [4.78, 5) is 8.49. The number of aryl methyl sites for hydroxylation is 2. The Morgan fingerprint density at radius 1 is 1.03 bits per heavy atom. The number of rotatable bonds is 6. The minimum absolute atomic E-state index is 0.0533. The van der Waals surface area contributed by atoms with Crippen LogP contribution >= 0.6 is 0 Å². The number of nitrogens with zero attached hydrogens (tertiary/aromatic N) is 3. The highest BCUT2D eigenvalue weighted by atomic mass is 32.2. The Kier molecular flexibility index (Phi) is 5.10. The maximum absolute atomic E-state index is 13.7. The molecule has 0 bridgehead atoms. The molecule has 0 fully saturated rings. The Morgan fingerprint density at radius 3 is 2.69 bits per heavy atom. The second-order valence-corrected chi connectivity index (χ2v) is 8.80. The van der Waals surface area contributed by atoms with Crippen LogP contribution < -0.4 is 0 Å². The number of para-hydroxylation sites is 1. The Bertz CT molecular complexity index is 1290. The van der Waals surface area contributed by atoms with Crippen LogP contribution in [0.2, 0.25) is 0 Å². The van der Waals surface area contributed by atoms with Crippen LogP contribution in [0.5, 0.6) is 0 Å². The van der Waals surface area contributed by atoms with Gasteiger partial charge in [0.2, 0.25) is 11.7 Å². The Labute approximate surface area is 167 Å². The molecular formula is C21H18FN3O3S. The van der Waals surface area contributed by atoms with Gasteiger partial charge in [0.25, 0.3) is 0 Å². The van der Waals surface area contributed by atoms with Crippen molar-refractivity contribution in [2.45, 2.75) is 24.8 Å². The second kappa shape index (κ2) is 7.71. The summed E-state index contributed by atoms with van der Waals surface area (Å²) in [5.41, 5.74) is 1.68. The summed E-state index contributed by atoms with van der Waals surface area (Å²) >= 11 is 0. The van der Waals surface area contributed by atoms with Crippen LogP contribution in [0.25, 0.3) is 22.3 Å². The molecule has 0 saturated heterocycles. The summed E-state index contributed by atoms with van der Waals surface area (Å²) in [5.74, 6) is 0.151. The Morgan fingerprint density at radius 2 is 1.86 bits per heavy atom. The van der Waals surface area contributed by atoms with E-state index in [1.807, 2.05) is 18.2 Å². The van der Waals surface area contributed by atoms with Crippen LogP contribution in [0.4, 0.5) is 4.39 Å². The SMILES string of the molecule is Cc1ccc(-c2noc(CCCS(=O)(=O)c3ccc4ccccc4n3)n2)cc1F. The smallest absolute Gasteiger partial charge is 0.226 e. The first-order valence-electron chi connectivity index (χ1n) is 9.10. The van der Waals surface area contributed by atoms with Gasteiger partial charge < -0.3 is 4.52 Å². The van der Waals surface area contributed by atoms with E-state index in [0.717, 1.165) is 5.39 Å². The van der Waals surface area contributed by atoms with Crippen LogP contribution in [-0.2, 0) is 16.3 Å². The van der Waals surface area contributed by atoms with Crippen molar-refractivity contribution in [2.24, 2.45) is 0 Å². The topological polar surface area (TPSA) is 86.0 Å². The highest BCUT2D eigenvalue weighted by molar-refractivity contribution is 7.91. The largest absolute Gasteiger partial charge is 0.339 e. The van der Waals surface area contributed by atoms with E-state index in [-0.39, 0.29) is 22.4 Å². The summed E-state index contributed by atoms with van der Waals surface area (Å²) < 4.78 is 44.1. The standard InChI is InChI=1S/C21H18FN3O3S/c1-14-8-9-16(13-17(14)22)21-24-19(28-25-21)7-4-12-29(26,27)20-11-10-15-5-2-3-6-18(15)23-20/h2-3,5-6,8-11,13H,4,7,12H2,1H3. The van der Waals surface area contributed by atoms with Crippen LogP contribution in [0.3, 0.4) is 0 Å². The van der Waals surface area contributed by atoms with Crippen molar-refractivity contribution in [3.8, 4) is 11.4 Å². The molecule has 0 saturated carbocycles. The van der Waals surface area contributed by atoms with Crippen molar-refractivity contribution in [3.63, 3.8) is 0 Å². The lowest BCUT2D eigenvalue weighted by Crippen LogP contribution is -2.09. The number of aromatic nitrogens is 3. The molecule has 0 radical (unpaired) electrons. The van der Waals surface area contributed by atoms with E-state index in [4.69, 9.17) is 4.52 Å². The molecule has 2 heterocycles. The van der Waals surface area contributed by atoms with Crippen molar-refractivity contribution in [2.75, 3.05) is 5.75 Å². The molecule has 4 rings (SSSR count). The quantitative estimate of drug-likeness (QED) is 0.474. The van der Waals surface area contributed by atoms with Crippen molar-refractivity contribution < 1.29 is 17.3 Å². The number of fused-ring (bicyclic) bond motifs is 1. The monoisotopic (exact) mass is 411 g/mol. The van der Waals surface area contributed by atoms with Crippen molar-refractivity contribution in [3.05, 3.63) is 71.9 Å². The molecule has 0 aliphatic heterocycles. The normalized spacial score (nSPS) is 11.8. The van der Waals surface area contributed by atoms with E-state index in [1.54, 1.807) is 31.2 Å². The molecule has 0 spiro atoms. The van der Waals surface area contributed by atoms with Crippen LogP contribution in [-0.4, -0.2) is 29.3 Å². The fraction of sp³-hybridized carbons (Fsp3) is 0.190. The lowest BCUT2D eigenvalue weighted by molar-refractivity contribution is 0.378. The first-order chi connectivity index (χ1) is 13.9. The fourth-order valence-electron chi connectivity index (χ4n) is 2.94. The number of halogens is 1. The third-order valence-electron chi connectivity index (χ3n) is 4.59. The zero-order chi connectivity index (χ0) is 20.4. The van der Waals surface area contributed by atoms with Gasteiger partial charge in [-0.1, -0.05) is 35.5 Å². The zero-order valence-corrected chi connectivity index (χ0v) is 16.5. The van der Waals surface area contributed by atoms with Gasteiger partial charge in [0.05, 0.1) is 11.3 Å². The minimum atomic E-state index is -3.53. The molecule has 0 aliphatic rings. The van der Waals surface area contributed by atoms with Gasteiger partial charge in [-0.2, -0.15) is 4.98 Å². The summed E-state index contributed by atoms with van der Waals surface area (Å²) in [5, 5.41) is 4.79. The highest BCUT2D eigenvalue weighted by Crippen LogP contribution is 2.20. The third kappa shape index (κ3) is 4.17. The molecule has 2 aromatic heterocycles. The van der Waals surface area contributed by atoms with Crippen molar-refractivity contribution in [1.29, 1.82) is 0 Å². The van der Waals surface area contributed by atoms with E-state index < -0.39 is 9.84 Å². The molecule has 6 nitrogen and oxygen atoms in total. The van der Waals surface area contributed by atoms with E-state index in [2.05, 4.69) is 15.1 Å². The van der Waals surface area contributed by atoms with Crippen molar-refractivity contribution in [1.82, 2.24) is 15.1 Å². The Balaban J connectivity index is 1.42. The second-order valence-electron chi connectivity index (χ2n) is 6.74. The summed E-state index contributed by atoms with van der Waals surface area (Å²) in [6, 6.07) is 15.3. The number of pyridine rings is 1. The van der Waals surface area contributed by atoms with Crippen LogP contribution in [0, 0.1) is 12.7 Å². The molecule has 0 N–H and O–H groups in total. The maximum Gasteiger partial charge on any atom is 0.226 e. The molecule has 8 heteroatoms. The maximum atomic E-state index is 13.7. The third-order valence-corrected chi connectivity index (χ3v) is 6.28. The van der Waals surface area contributed by atoms with E-state index in [0.29, 0.717) is 35.4 Å². The van der Waals surface area contributed by atoms with E-state index in [1.165, 1.54) is 12.1 Å². The number of hydrogen-bond donors (Lipinski definition) is 0. The lowest BCUT2D eigenvalue weighted by atomic mass is 10.1. The van der Waals surface area contributed by atoms with Gasteiger partial charge in [0.15, 0.2) is 14.9 Å². The first-order valence-corrected chi connectivity index (χ1v) is 10.8. The zero-order valence-electron chi connectivity index (χ0n) is 15.7. The van der Waals surface area contributed by atoms with Gasteiger partial charge in [-0.3, -0.25) is 0 Å². The van der Waals surface area contributed by atoms with Gasteiger partial charge in [-0.05, 0) is 43.2 Å². The van der Waals surface area contributed by atoms with Gasteiger partial charge in [-0.15, -0.1) is 0 Å². The van der Waals surface area contributed by atoms with E-state index >= 15 is 0 Å². The number of sulfone groups is 1. The molecule has 4 aromatic rings. The number of benzene rings is 2. The fourth-order valence-corrected chi connectivity index (χ4v) is 4.19. The van der Waals surface area contributed by atoms with Crippen LogP contribution in [0.15, 0.2) is 64.1 Å². The average molecular weight is 411 g/mol. The first kappa shape index (κ1) is 19.2. The summed E-state index contributed by atoms with van der Waals surface area (Å²) in [7, 11) is -3.53. The molecule has 148 valence electrons. The lowest BCUT2D eigenvalue weighted by Gasteiger charge is -2.04. The van der Waals surface area contributed by atoms with Gasteiger partial charge in [0, 0.05) is 17.4 Å². The van der Waals surface area contributed by atoms with Crippen molar-refractivity contribution >= 4 is 20.7 Å². The summed E-state index contributed by atoms with van der Waals surface area (Å²) in [6.07, 6.45) is 0.606. The Hall–Kier alpha value is -3.13. The molecular weight excluding hydrogens is 393 g/mol. The van der Waals surface area contributed by atoms with Gasteiger partial charge in [0.1, 0.15) is 5.82 Å². The average Bonchev–Trinajstić information content (AvgIpc) is 3.18.